The van der Waals surface area contributed by atoms with Gasteiger partial charge in [0.05, 0.1) is 16.9 Å². The minimum absolute atomic E-state index is 0.263. The second-order valence-electron chi connectivity index (χ2n) is 3.17. The number of aromatic hydroxyl groups is 1. The van der Waals surface area contributed by atoms with E-state index in [-0.39, 0.29) is 5.75 Å². The molecule has 0 amide bonds. The van der Waals surface area contributed by atoms with Crippen molar-refractivity contribution < 1.29 is 5.11 Å². The average molecular weight is 221 g/mol. The molecule has 0 unspecified atom stereocenters. The Morgan fingerprint density at radius 2 is 2.07 bits per heavy atom. The number of aromatic nitrogens is 2. The van der Waals surface area contributed by atoms with Gasteiger partial charge in [0.2, 0.25) is 0 Å². The Hall–Kier alpha value is -1.61. The number of phenolic OH excluding ortho intramolecular Hbond substituents is 1. The third kappa shape index (κ3) is 2.44. The van der Waals surface area contributed by atoms with Gasteiger partial charge in [-0.25, -0.2) is 0 Å². The van der Waals surface area contributed by atoms with Crippen molar-refractivity contribution in [1.29, 1.82) is 0 Å². The molecule has 0 spiro atoms. The Bertz CT molecular complexity index is 474. The number of rotatable bonds is 2. The molecule has 1 aromatic carbocycles. The van der Waals surface area contributed by atoms with Crippen LogP contribution in [0.3, 0.4) is 0 Å². The van der Waals surface area contributed by atoms with Gasteiger partial charge in [0.1, 0.15) is 5.75 Å². The highest BCUT2D eigenvalue weighted by atomic mass is 35.5. The van der Waals surface area contributed by atoms with Gasteiger partial charge in [0, 0.05) is 6.42 Å². The largest absolute Gasteiger partial charge is 0.508 e. The molecule has 0 saturated heterocycles. The van der Waals surface area contributed by atoms with Gasteiger partial charge >= 0.3 is 0 Å². The van der Waals surface area contributed by atoms with Gasteiger partial charge in [0.15, 0.2) is 0 Å². The van der Waals surface area contributed by atoms with E-state index in [4.69, 9.17) is 11.6 Å². The minimum Gasteiger partial charge on any atom is -0.508 e. The first-order valence-electron chi connectivity index (χ1n) is 4.49. The van der Waals surface area contributed by atoms with Crippen molar-refractivity contribution in [1.82, 2.24) is 10.2 Å². The van der Waals surface area contributed by atoms with Crippen molar-refractivity contribution in [3.05, 3.63) is 52.8 Å². The molecule has 0 bridgehead atoms. The lowest BCUT2D eigenvalue weighted by molar-refractivity contribution is 0.469. The van der Waals surface area contributed by atoms with Crippen LogP contribution in [-0.2, 0) is 6.42 Å². The van der Waals surface area contributed by atoms with Crippen LogP contribution in [0.1, 0.15) is 11.3 Å². The van der Waals surface area contributed by atoms with Gasteiger partial charge in [-0.15, -0.1) is 0 Å². The number of hydrogen-bond donors (Lipinski definition) is 1. The summed E-state index contributed by atoms with van der Waals surface area (Å²) in [5.41, 5.74) is 1.55. The summed E-state index contributed by atoms with van der Waals surface area (Å²) in [6.45, 7) is 0. The Labute approximate surface area is 92.4 Å². The molecular formula is C11H9ClN2O. The smallest absolute Gasteiger partial charge is 0.119 e. The molecule has 0 radical (unpaired) electrons. The molecule has 4 heteroatoms. The Balaban J connectivity index is 2.26. The molecule has 1 N–H and O–H groups in total. The van der Waals surface area contributed by atoms with E-state index in [1.165, 1.54) is 6.20 Å². The molecule has 0 aliphatic heterocycles. The van der Waals surface area contributed by atoms with Crippen molar-refractivity contribution in [3.63, 3.8) is 0 Å². The molecule has 1 heterocycles. The summed E-state index contributed by atoms with van der Waals surface area (Å²) < 4.78 is 0. The maximum absolute atomic E-state index is 9.56. The zero-order valence-electron chi connectivity index (χ0n) is 7.89. The van der Waals surface area contributed by atoms with Gasteiger partial charge in [-0.3, -0.25) is 0 Å². The Morgan fingerprint density at radius 1 is 1.27 bits per heavy atom. The zero-order valence-corrected chi connectivity index (χ0v) is 8.65. The van der Waals surface area contributed by atoms with Crippen LogP contribution in [0.4, 0.5) is 0 Å². The summed E-state index contributed by atoms with van der Waals surface area (Å²) in [5, 5.41) is 17.8. The molecule has 0 fully saturated rings. The van der Waals surface area contributed by atoms with E-state index in [2.05, 4.69) is 10.2 Å². The van der Waals surface area contributed by atoms with E-state index in [1.54, 1.807) is 18.2 Å². The Kier molecular flexibility index (Phi) is 2.83. The fourth-order valence-corrected chi connectivity index (χ4v) is 1.49. The van der Waals surface area contributed by atoms with Crippen molar-refractivity contribution in [2.45, 2.75) is 6.42 Å². The predicted molar refractivity (Wildman–Crippen MR) is 58.0 cm³/mol. The summed E-state index contributed by atoms with van der Waals surface area (Å²) in [5.74, 6) is 0.263. The Morgan fingerprint density at radius 3 is 2.80 bits per heavy atom. The normalized spacial score (nSPS) is 10.2. The third-order valence-electron chi connectivity index (χ3n) is 2.03. The number of halogens is 1. The lowest BCUT2D eigenvalue weighted by Gasteiger charge is -2.02. The lowest BCUT2D eigenvalue weighted by Crippen LogP contribution is -1.94. The van der Waals surface area contributed by atoms with Crippen LogP contribution in [0.5, 0.6) is 5.75 Å². The predicted octanol–water partition coefficient (Wildman–Crippen LogP) is 2.43. The topological polar surface area (TPSA) is 46.0 Å². The minimum atomic E-state index is 0.263. The average Bonchev–Trinajstić information content (AvgIpc) is 2.22. The molecule has 0 saturated carbocycles. The SMILES string of the molecule is Oc1ccccc1Cc1cc(Cl)cnn1. The van der Waals surface area contributed by atoms with Gasteiger partial charge in [-0.2, -0.15) is 10.2 Å². The van der Waals surface area contributed by atoms with Crippen molar-refractivity contribution in [2.75, 3.05) is 0 Å². The molecule has 1 aromatic heterocycles. The van der Waals surface area contributed by atoms with Crippen LogP contribution in [0, 0.1) is 0 Å². The molecule has 76 valence electrons. The van der Waals surface area contributed by atoms with Gasteiger partial charge < -0.3 is 5.11 Å². The van der Waals surface area contributed by atoms with E-state index in [0.29, 0.717) is 11.4 Å². The summed E-state index contributed by atoms with van der Waals surface area (Å²) in [4.78, 5) is 0. The highest BCUT2D eigenvalue weighted by molar-refractivity contribution is 6.30. The van der Waals surface area contributed by atoms with Crippen LogP contribution in [-0.4, -0.2) is 15.3 Å². The monoisotopic (exact) mass is 220 g/mol. The third-order valence-corrected chi connectivity index (χ3v) is 2.24. The number of nitrogens with zero attached hydrogens (tertiary/aromatic N) is 2. The highest BCUT2D eigenvalue weighted by Crippen LogP contribution is 2.19. The molecule has 0 aliphatic carbocycles. The maximum Gasteiger partial charge on any atom is 0.119 e. The van der Waals surface area contributed by atoms with E-state index < -0.39 is 0 Å². The highest BCUT2D eigenvalue weighted by Gasteiger charge is 2.03. The molecule has 0 atom stereocenters. The quantitative estimate of drug-likeness (QED) is 0.846. The summed E-state index contributed by atoms with van der Waals surface area (Å²) in [6, 6.07) is 8.88. The van der Waals surface area contributed by atoms with Crippen molar-refractivity contribution in [3.8, 4) is 5.75 Å². The number of hydrogen-bond acceptors (Lipinski definition) is 3. The molecule has 2 rings (SSSR count). The van der Waals surface area contributed by atoms with Gasteiger partial charge in [-0.1, -0.05) is 29.8 Å². The van der Waals surface area contributed by atoms with E-state index in [0.717, 1.165) is 11.3 Å². The number of benzene rings is 1. The fraction of sp³-hybridized carbons (Fsp3) is 0.0909. The van der Waals surface area contributed by atoms with Gasteiger partial charge in [-0.05, 0) is 17.7 Å². The summed E-state index contributed by atoms with van der Waals surface area (Å²) >= 11 is 5.79. The van der Waals surface area contributed by atoms with E-state index in [1.807, 2.05) is 12.1 Å². The standard InChI is InChI=1S/C11H9ClN2O/c12-9-6-10(14-13-7-9)5-8-3-1-2-4-11(8)15/h1-4,6-7,15H,5H2. The van der Waals surface area contributed by atoms with Crippen molar-refractivity contribution >= 4 is 11.6 Å². The van der Waals surface area contributed by atoms with E-state index >= 15 is 0 Å². The summed E-state index contributed by atoms with van der Waals surface area (Å²) in [7, 11) is 0. The maximum atomic E-state index is 9.56. The molecule has 3 nitrogen and oxygen atoms in total. The molecule has 2 aromatic rings. The second-order valence-corrected chi connectivity index (χ2v) is 3.61. The first kappa shape index (κ1) is 9.93. The van der Waals surface area contributed by atoms with Crippen LogP contribution in [0.15, 0.2) is 36.5 Å². The van der Waals surface area contributed by atoms with E-state index in [9.17, 15) is 5.11 Å². The number of phenols is 1. The van der Waals surface area contributed by atoms with Crippen LogP contribution >= 0.6 is 11.6 Å². The molecule has 0 aliphatic rings. The zero-order chi connectivity index (χ0) is 10.7. The number of para-hydroxylation sites is 1. The first-order chi connectivity index (χ1) is 7.25. The van der Waals surface area contributed by atoms with Crippen molar-refractivity contribution in [2.24, 2.45) is 0 Å². The fourth-order valence-electron chi connectivity index (χ4n) is 1.33. The van der Waals surface area contributed by atoms with Crippen LogP contribution in [0.2, 0.25) is 5.02 Å². The van der Waals surface area contributed by atoms with Crippen LogP contribution in [0.25, 0.3) is 0 Å². The van der Waals surface area contributed by atoms with Crippen LogP contribution < -0.4 is 0 Å². The molecule has 15 heavy (non-hydrogen) atoms. The molecular weight excluding hydrogens is 212 g/mol. The van der Waals surface area contributed by atoms with Gasteiger partial charge in [0.25, 0.3) is 0 Å². The first-order valence-corrected chi connectivity index (χ1v) is 4.87. The second kappa shape index (κ2) is 4.28. The lowest BCUT2D eigenvalue weighted by atomic mass is 10.1. The summed E-state index contributed by atoms with van der Waals surface area (Å²) in [6.07, 6.45) is 2.01.